The number of hydrogen-bond donors (Lipinski definition) is 1. The molecule has 0 saturated carbocycles. The maximum atomic E-state index is 5.47. The maximum absolute atomic E-state index is 5.47. The van der Waals surface area contributed by atoms with Crippen molar-refractivity contribution in [2.24, 2.45) is 5.84 Å². The zero-order chi connectivity index (χ0) is 11.9. The molecule has 2 aromatic rings. The molecule has 0 aliphatic carbocycles. The number of pyridine rings is 2. The van der Waals surface area contributed by atoms with Crippen molar-refractivity contribution in [3.8, 4) is 0 Å². The predicted octanol–water partition coefficient (Wildman–Crippen LogP) is 1.98. The van der Waals surface area contributed by atoms with Crippen LogP contribution in [0.5, 0.6) is 0 Å². The number of rotatable bonds is 0. The van der Waals surface area contributed by atoms with Crippen LogP contribution < -0.4 is 5.84 Å². The lowest BCUT2D eigenvalue weighted by Crippen LogP contribution is -2.35. The van der Waals surface area contributed by atoms with Crippen molar-refractivity contribution in [2.45, 2.75) is 19.3 Å². The van der Waals surface area contributed by atoms with E-state index in [1.54, 1.807) is 12.4 Å². The van der Waals surface area contributed by atoms with Gasteiger partial charge >= 0.3 is 0 Å². The van der Waals surface area contributed by atoms with E-state index in [4.69, 9.17) is 5.84 Å². The third kappa shape index (κ3) is 3.76. The molecule has 3 heterocycles. The van der Waals surface area contributed by atoms with Gasteiger partial charge in [-0.1, -0.05) is 6.42 Å². The molecule has 1 saturated heterocycles. The molecular formula is C13H18N4. The first kappa shape index (κ1) is 12.0. The van der Waals surface area contributed by atoms with Crippen LogP contribution in [0.15, 0.2) is 36.7 Å². The Morgan fingerprint density at radius 3 is 1.94 bits per heavy atom. The molecule has 1 aliphatic rings. The molecule has 17 heavy (non-hydrogen) atoms. The molecule has 2 aromatic heterocycles. The van der Waals surface area contributed by atoms with Crippen molar-refractivity contribution in [2.75, 3.05) is 13.1 Å². The van der Waals surface area contributed by atoms with Crippen molar-refractivity contribution >= 4 is 11.0 Å². The number of fused-ring (bicyclic) bond motifs is 1. The molecule has 0 spiro atoms. The van der Waals surface area contributed by atoms with Crippen LogP contribution in [-0.2, 0) is 0 Å². The van der Waals surface area contributed by atoms with Crippen LogP contribution in [0.3, 0.4) is 0 Å². The Bertz CT molecular complexity index is 386. The zero-order valence-electron chi connectivity index (χ0n) is 9.92. The van der Waals surface area contributed by atoms with Gasteiger partial charge in [0, 0.05) is 30.9 Å². The lowest BCUT2D eigenvalue weighted by molar-refractivity contribution is 0.235. The fourth-order valence-corrected chi connectivity index (χ4v) is 1.83. The van der Waals surface area contributed by atoms with Crippen molar-refractivity contribution in [3.63, 3.8) is 0 Å². The Kier molecular flexibility index (Phi) is 4.41. The van der Waals surface area contributed by atoms with E-state index in [0.717, 1.165) is 24.1 Å². The Labute approximate surface area is 101 Å². The highest BCUT2D eigenvalue weighted by Crippen LogP contribution is 2.04. The number of piperidine rings is 1. The summed E-state index contributed by atoms with van der Waals surface area (Å²) in [6.07, 6.45) is 7.44. The van der Waals surface area contributed by atoms with Crippen LogP contribution in [0.2, 0.25) is 0 Å². The summed E-state index contributed by atoms with van der Waals surface area (Å²) in [4.78, 5) is 8.14. The minimum atomic E-state index is 0.810. The summed E-state index contributed by atoms with van der Waals surface area (Å²) in [5.74, 6) is 5.47. The molecule has 3 rings (SSSR count). The second kappa shape index (κ2) is 6.27. The molecule has 1 aliphatic heterocycles. The Morgan fingerprint density at radius 2 is 1.53 bits per heavy atom. The van der Waals surface area contributed by atoms with Crippen LogP contribution in [0.25, 0.3) is 11.0 Å². The van der Waals surface area contributed by atoms with Gasteiger partial charge in [0.1, 0.15) is 0 Å². The average Bonchev–Trinajstić information content (AvgIpc) is 2.41. The number of aromatic nitrogens is 2. The minimum absolute atomic E-state index is 0.810. The van der Waals surface area contributed by atoms with Crippen LogP contribution in [-0.4, -0.2) is 28.1 Å². The van der Waals surface area contributed by atoms with Gasteiger partial charge in [0.15, 0.2) is 5.65 Å². The molecule has 90 valence electrons. The summed E-state index contributed by atoms with van der Waals surface area (Å²) in [5.41, 5.74) is 0.810. The van der Waals surface area contributed by atoms with Gasteiger partial charge in [-0.05, 0) is 37.1 Å². The van der Waals surface area contributed by atoms with E-state index in [9.17, 15) is 0 Å². The first-order valence-electron chi connectivity index (χ1n) is 6.01. The summed E-state index contributed by atoms with van der Waals surface area (Å²) in [7, 11) is 0. The molecule has 0 amide bonds. The monoisotopic (exact) mass is 230 g/mol. The van der Waals surface area contributed by atoms with Gasteiger partial charge in [-0.15, -0.1) is 0 Å². The van der Waals surface area contributed by atoms with E-state index in [0.29, 0.717) is 0 Å². The van der Waals surface area contributed by atoms with E-state index in [-0.39, 0.29) is 0 Å². The highest BCUT2D eigenvalue weighted by Gasteiger charge is 2.02. The predicted molar refractivity (Wildman–Crippen MR) is 69.1 cm³/mol. The first-order valence-corrected chi connectivity index (χ1v) is 6.01. The summed E-state index contributed by atoms with van der Waals surface area (Å²) >= 11 is 0. The van der Waals surface area contributed by atoms with E-state index in [2.05, 4.69) is 9.97 Å². The van der Waals surface area contributed by atoms with E-state index in [1.165, 1.54) is 19.3 Å². The quantitative estimate of drug-likeness (QED) is 0.703. The molecule has 0 bridgehead atoms. The fraction of sp³-hybridized carbons (Fsp3) is 0.385. The fourth-order valence-electron chi connectivity index (χ4n) is 1.83. The summed E-state index contributed by atoms with van der Waals surface area (Å²) in [6, 6.07) is 7.80. The average molecular weight is 230 g/mol. The molecule has 2 N–H and O–H groups in total. The molecule has 4 nitrogen and oxygen atoms in total. The van der Waals surface area contributed by atoms with Crippen LogP contribution in [0, 0.1) is 0 Å². The van der Waals surface area contributed by atoms with Crippen LogP contribution in [0.1, 0.15) is 19.3 Å². The number of hydrazine groups is 1. The van der Waals surface area contributed by atoms with Gasteiger partial charge in [0.2, 0.25) is 0 Å². The van der Waals surface area contributed by atoms with Crippen LogP contribution in [0.4, 0.5) is 0 Å². The lowest BCUT2D eigenvalue weighted by Gasteiger charge is -2.20. The van der Waals surface area contributed by atoms with Crippen molar-refractivity contribution in [1.29, 1.82) is 0 Å². The van der Waals surface area contributed by atoms with E-state index < -0.39 is 0 Å². The number of nitrogens with zero attached hydrogens (tertiary/aromatic N) is 3. The standard InChI is InChI=1S/C8H6N2.C5H12N2/c1-3-7-4-2-6-10-8(7)9-5-1;6-7-4-2-1-3-5-7/h1-6H;1-6H2. The maximum Gasteiger partial charge on any atom is 0.159 e. The molecule has 0 aromatic carbocycles. The lowest BCUT2D eigenvalue weighted by atomic mass is 10.2. The normalized spacial score (nSPS) is 16.3. The SMILES string of the molecule is NN1CCCCC1.c1cnc2ncccc2c1. The summed E-state index contributed by atoms with van der Waals surface area (Å²) < 4.78 is 0. The zero-order valence-corrected chi connectivity index (χ0v) is 9.92. The Morgan fingerprint density at radius 1 is 0.941 bits per heavy atom. The smallest absolute Gasteiger partial charge is 0.159 e. The topological polar surface area (TPSA) is 55.0 Å². The number of hydrogen-bond acceptors (Lipinski definition) is 4. The summed E-state index contributed by atoms with van der Waals surface area (Å²) in [6.45, 7) is 2.19. The largest absolute Gasteiger partial charge is 0.269 e. The van der Waals surface area contributed by atoms with Gasteiger partial charge in [0.05, 0.1) is 0 Å². The second-order valence-electron chi connectivity index (χ2n) is 4.15. The molecule has 0 unspecified atom stereocenters. The van der Waals surface area contributed by atoms with E-state index in [1.807, 2.05) is 29.3 Å². The third-order valence-electron chi connectivity index (χ3n) is 2.77. The van der Waals surface area contributed by atoms with Gasteiger partial charge in [-0.3, -0.25) is 5.84 Å². The highest BCUT2D eigenvalue weighted by molar-refractivity contribution is 5.73. The Hall–Kier alpha value is -1.52. The van der Waals surface area contributed by atoms with Crippen LogP contribution >= 0.6 is 0 Å². The van der Waals surface area contributed by atoms with E-state index >= 15 is 0 Å². The van der Waals surface area contributed by atoms with Gasteiger partial charge in [-0.25, -0.2) is 15.0 Å². The van der Waals surface area contributed by atoms with Crippen molar-refractivity contribution in [3.05, 3.63) is 36.7 Å². The second-order valence-corrected chi connectivity index (χ2v) is 4.15. The van der Waals surface area contributed by atoms with Crippen molar-refractivity contribution < 1.29 is 0 Å². The van der Waals surface area contributed by atoms with Gasteiger partial charge in [0.25, 0.3) is 0 Å². The molecule has 4 heteroatoms. The Balaban J connectivity index is 0.000000136. The first-order chi connectivity index (χ1) is 8.36. The summed E-state index contributed by atoms with van der Waals surface area (Å²) in [5, 5.41) is 2.98. The van der Waals surface area contributed by atoms with Gasteiger partial charge in [-0.2, -0.15) is 0 Å². The molecule has 0 radical (unpaired) electrons. The van der Waals surface area contributed by atoms with Crippen molar-refractivity contribution in [1.82, 2.24) is 15.0 Å². The molecular weight excluding hydrogens is 212 g/mol. The third-order valence-corrected chi connectivity index (χ3v) is 2.77. The molecule has 1 fully saturated rings. The minimum Gasteiger partial charge on any atom is -0.269 e. The van der Waals surface area contributed by atoms with Gasteiger partial charge < -0.3 is 0 Å². The molecule has 0 atom stereocenters. The highest BCUT2D eigenvalue weighted by atomic mass is 15.4. The number of nitrogens with two attached hydrogens (primary N) is 1.